The first kappa shape index (κ1) is 21.2. The minimum atomic E-state index is -0.886. The number of carbonyl (C=O) groups is 4. The Hall–Kier alpha value is -3.48. The first-order valence-electron chi connectivity index (χ1n) is 9.73. The van der Waals surface area contributed by atoms with Gasteiger partial charge in [0, 0.05) is 24.2 Å². The lowest BCUT2D eigenvalue weighted by atomic mass is 10.0. The van der Waals surface area contributed by atoms with Gasteiger partial charge in [-0.3, -0.25) is 14.4 Å². The van der Waals surface area contributed by atoms with Crippen molar-refractivity contribution < 1.29 is 28.7 Å². The molecular formula is C23H23NO6. The number of carbonyl (C=O) groups excluding carboxylic acids is 4. The highest BCUT2D eigenvalue weighted by Crippen LogP contribution is 2.27. The molecule has 1 saturated heterocycles. The summed E-state index contributed by atoms with van der Waals surface area (Å²) in [5, 5.41) is 0. The maximum atomic E-state index is 12.6. The van der Waals surface area contributed by atoms with Crippen molar-refractivity contribution in [1.29, 1.82) is 0 Å². The van der Waals surface area contributed by atoms with Gasteiger partial charge in [0.2, 0.25) is 11.7 Å². The third-order valence-electron chi connectivity index (χ3n) is 5.04. The van der Waals surface area contributed by atoms with Crippen molar-refractivity contribution in [2.24, 2.45) is 5.92 Å². The van der Waals surface area contributed by atoms with E-state index in [0.717, 1.165) is 0 Å². The minimum absolute atomic E-state index is 0.00749. The van der Waals surface area contributed by atoms with E-state index in [1.165, 1.54) is 12.0 Å². The lowest BCUT2D eigenvalue weighted by molar-refractivity contribution is -0.151. The van der Waals surface area contributed by atoms with Crippen LogP contribution in [0.3, 0.4) is 0 Å². The molecule has 0 radical (unpaired) electrons. The Morgan fingerprint density at radius 3 is 2.30 bits per heavy atom. The van der Waals surface area contributed by atoms with Gasteiger partial charge in [-0.1, -0.05) is 37.3 Å². The number of rotatable bonds is 7. The Morgan fingerprint density at radius 1 is 1.03 bits per heavy atom. The summed E-state index contributed by atoms with van der Waals surface area (Å²) in [6.45, 7) is 1.93. The van der Waals surface area contributed by atoms with E-state index in [1.807, 2.05) is 0 Å². The van der Waals surface area contributed by atoms with Crippen LogP contribution in [0, 0.1) is 5.92 Å². The topological polar surface area (TPSA) is 90.0 Å². The molecular weight excluding hydrogens is 386 g/mol. The average Bonchev–Trinajstić information content (AvgIpc) is 3.18. The molecule has 0 saturated carbocycles. The number of nitrogens with zero attached hydrogens (tertiary/aromatic N) is 1. The molecule has 2 aromatic rings. The van der Waals surface area contributed by atoms with E-state index in [-0.39, 0.29) is 24.7 Å². The average molecular weight is 409 g/mol. The molecule has 1 heterocycles. The maximum Gasteiger partial charge on any atom is 0.337 e. The van der Waals surface area contributed by atoms with Gasteiger partial charge >= 0.3 is 11.9 Å². The summed E-state index contributed by atoms with van der Waals surface area (Å²) in [4.78, 5) is 50.7. The van der Waals surface area contributed by atoms with Crippen LogP contribution in [0.2, 0.25) is 0 Å². The third-order valence-corrected chi connectivity index (χ3v) is 5.04. The van der Waals surface area contributed by atoms with E-state index < -0.39 is 24.0 Å². The highest BCUT2D eigenvalue weighted by molar-refractivity contribution is 6.02. The van der Waals surface area contributed by atoms with Crippen molar-refractivity contribution in [2.75, 3.05) is 18.6 Å². The molecule has 1 amide bonds. The fourth-order valence-corrected chi connectivity index (χ4v) is 3.36. The molecule has 1 aliphatic heterocycles. The Kier molecular flexibility index (Phi) is 6.61. The van der Waals surface area contributed by atoms with Crippen LogP contribution < -0.4 is 4.90 Å². The number of Topliss-reactive ketones (excluding diaryl/α,β-unsaturated/α-hetero) is 1. The Bertz CT molecular complexity index is 938. The van der Waals surface area contributed by atoms with Crippen LogP contribution in [-0.2, 0) is 19.1 Å². The zero-order valence-electron chi connectivity index (χ0n) is 16.9. The molecule has 0 N–H and O–H groups in total. The number of ether oxygens (including phenoxy) is 2. The van der Waals surface area contributed by atoms with Crippen molar-refractivity contribution in [2.45, 2.75) is 25.9 Å². The molecule has 7 heteroatoms. The van der Waals surface area contributed by atoms with Gasteiger partial charge in [-0.2, -0.15) is 0 Å². The molecule has 0 spiro atoms. The zero-order chi connectivity index (χ0) is 21.7. The molecule has 2 atom stereocenters. The summed E-state index contributed by atoms with van der Waals surface area (Å²) in [5.74, 6) is -2.16. The van der Waals surface area contributed by atoms with E-state index in [4.69, 9.17) is 4.74 Å². The van der Waals surface area contributed by atoms with Crippen LogP contribution >= 0.6 is 0 Å². The van der Waals surface area contributed by atoms with Crippen molar-refractivity contribution >= 4 is 29.3 Å². The van der Waals surface area contributed by atoms with Gasteiger partial charge in [0.15, 0.2) is 6.10 Å². The number of hydrogen-bond donors (Lipinski definition) is 0. The largest absolute Gasteiger partial charge is 0.465 e. The predicted octanol–water partition coefficient (Wildman–Crippen LogP) is 3.03. The zero-order valence-corrected chi connectivity index (χ0v) is 16.9. The van der Waals surface area contributed by atoms with E-state index in [9.17, 15) is 19.2 Å². The summed E-state index contributed by atoms with van der Waals surface area (Å²) in [5.41, 5.74) is 1.43. The van der Waals surface area contributed by atoms with Crippen LogP contribution in [0.25, 0.3) is 0 Å². The number of ketones is 1. The monoisotopic (exact) mass is 409 g/mol. The molecule has 0 aliphatic carbocycles. The molecule has 156 valence electrons. The summed E-state index contributed by atoms with van der Waals surface area (Å²) in [6.07, 6.45) is -0.532. The highest BCUT2D eigenvalue weighted by Gasteiger charge is 2.37. The lowest BCUT2D eigenvalue weighted by Gasteiger charge is -2.19. The second kappa shape index (κ2) is 9.35. The van der Waals surface area contributed by atoms with Crippen molar-refractivity contribution in [3.05, 3.63) is 65.7 Å². The molecule has 0 unspecified atom stereocenters. The molecule has 30 heavy (non-hydrogen) atoms. The second-order valence-electron chi connectivity index (χ2n) is 7.01. The number of methoxy groups -OCH3 is 1. The summed E-state index contributed by atoms with van der Waals surface area (Å²) in [6, 6.07) is 15.0. The van der Waals surface area contributed by atoms with E-state index in [2.05, 4.69) is 4.74 Å². The van der Waals surface area contributed by atoms with Crippen molar-refractivity contribution in [3.63, 3.8) is 0 Å². The number of hydrogen-bond acceptors (Lipinski definition) is 6. The highest BCUT2D eigenvalue weighted by atomic mass is 16.5. The first-order chi connectivity index (χ1) is 14.4. The molecule has 0 bridgehead atoms. The van der Waals surface area contributed by atoms with Gasteiger partial charge in [-0.05, 0) is 30.7 Å². The number of amides is 1. The Balaban J connectivity index is 1.65. The standard InChI is InChI=1S/C23H23NO6/c1-3-19(21(26)15-7-5-4-6-8-15)30-23(28)17-13-20(25)24(14-17)18-11-9-16(10-12-18)22(27)29-2/h4-12,17,19H,3,13-14H2,1-2H3/t17-,19-/m0/s1. The number of esters is 2. The predicted molar refractivity (Wildman–Crippen MR) is 109 cm³/mol. The van der Waals surface area contributed by atoms with Crippen molar-refractivity contribution in [1.82, 2.24) is 0 Å². The van der Waals surface area contributed by atoms with Crippen LogP contribution in [0.4, 0.5) is 5.69 Å². The van der Waals surface area contributed by atoms with Crippen LogP contribution in [0.1, 0.15) is 40.5 Å². The smallest absolute Gasteiger partial charge is 0.337 e. The molecule has 1 aliphatic rings. The van der Waals surface area contributed by atoms with Crippen LogP contribution in [0.5, 0.6) is 0 Å². The molecule has 1 fully saturated rings. The van der Waals surface area contributed by atoms with Gasteiger partial charge in [-0.15, -0.1) is 0 Å². The fraction of sp³-hybridized carbons (Fsp3) is 0.304. The minimum Gasteiger partial charge on any atom is -0.465 e. The maximum absolute atomic E-state index is 12.6. The summed E-state index contributed by atoms with van der Waals surface area (Å²) < 4.78 is 10.1. The summed E-state index contributed by atoms with van der Waals surface area (Å²) >= 11 is 0. The van der Waals surface area contributed by atoms with E-state index in [1.54, 1.807) is 61.5 Å². The lowest BCUT2D eigenvalue weighted by Crippen LogP contribution is -2.31. The SMILES string of the molecule is CC[C@H](OC(=O)[C@H]1CC(=O)N(c2ccc(C(=O)OC)cc2)C1)C(=O)c1ccccc1. The van der Waals surface area contributed by atoms with Crippen LogP contribution in [0.15, 0.2) is 54.6 Å². The number of benzene rings is 2. The second-order valence-corrected chi connectivity index (χ2v) is 7.01. The van der Waals surface area contributed by atoms with Gasteiger partial charge in [0.1, 0.15) is 0 Å². The van der Waals surface area contributed by atoms with Crippen molar-refractivity contribution in [3.8, 4) is 0 Å². The Labute approximate surface area is 174 Å². The van der Waals surface area contributed by atoms with Crippen LogP contribution in [-0.4, -0.2) is 43.4 Å². The fourth-order valence-electron chi connectivity index (χ4n) is 3.36. The molecule has 0 aromatic heterocycles. The summed E-state index contributed by atoms with van der Waals surface area (Å²) in [7, 11) is 1.29. The van der Waals surface area contributed by atoms with E-state index in [0.29, 0.717) is 23.2 Å². The molecule has 7 nitrogen and oxygen atoms in total. The van der Waals surface area contributed by atoms with Gasteiger partial charge in [0.25, 0.3) is 0 Å². The normalized spacial score (nSPS) is 16.8. The third kappa shape index (κ3) is 4.56. The molecule has 3 rings (SSSR count). The van der Waals surface area contributed by atoms with Gasteiger partial charge in [0.05, 0.1) is 18.6 Å². The first-order valence-corrected chi connectivity index (χ1v) is 9.73. The van der Waals surface area contributed by atoms with E-state index >= 15 is 0 Å². The number of anilines is 1. The quantitative estimate of drug-likeness (QED) is 0.516. The van der Waals surface area contributed by atoms with Gasteiger partial charge in [-0.25, -0.2) is 4.79 Å². The Morgan fingerprint density at radius 2 is 1.70 bits per heavy atom. The molecule has 2 aromatic carbocycles. The van der Waals surface area contributed by atoms with Gasteiger partial charge < -0.3 is 14.4 Å².